The number of rotatable bonds is 2. The van der Waals surface area contributed by atoms with Gasteiger partial charge in [0.25, 0.3) is 0 Å². The van der Waals surface area contributed by atoms with E-state index in [4.69, 9.17) is 6.58 Å². The molecule has 0 aliphatic rings. The lowest BCUT2D eigenvalue weighted by molar-refractivity contribution is -0.111. The first-order chi connectivity index (χ1) is 5.22. The molecule has 0 amide bonds. The summed E-state index contributed by atoms with van der Waals surface area (Å²) in [5, 5.41) is 0. The van der Waals surface area contributed by atoms with Crippen molar-refractivity contribution < 1.29 is 4.79 Å². The van der Waals surface area contributed by atoms with Gasteiger partial charge in [-0.15, -0.1) is 0 Å². The Hall–Kier alpha value is -1.37. The summed E-state index contributed by atoms with van der Waals surface area (Å²) in [6.45, 7) is 6.97. The van der Waals surface area contributed by atoms with Crippen molar-refractivity contribution in [3.05, 3.63) is 42.5 Å². The highest BCUT2D eigenvalue weighted by molar-refractivity contribution is 6.18. The smallest absolute Gasteiger partial charge is 0.160 e. The molecule has 1 radical (unpaired) electrons. The fraction of sp³-hybridized carbons (Fsp3) is 0.100. The molecule has 0 aliphatic heterocycles. The molecule has 0 fully saturated rings. The zero-order chi connectivity index (χ0) is 8.27. The maximum absolute atomic E-state index is 10.8. The van der Waals surface area contributed by atoms with Crippen LogP contribution in [0.1, 0.15) is 12.5 Å². The lowest BCUT2D eigenvalue weighted by Crippen LogP contribution is -1.92. The van der Waals surface area contributed by atoms with Crippen LogP contribution in [0.5, 0.6) is 0 Å². The van der Waals surface area contributed by atoms with Crippen molar-refractivity contribution in [2.45, 2.75) is 6.92 Å². The summed E-state index contributed by atoms with van der Waals surface area (Å²) in [5.41, 5.74) is 1.12. The van der Waals surface area contributed by atoms with Gasteiger partial charge >= 0.3 is 0 Å². The molecule has 0 aromatic heterocycles. The molecule has 0 heterocycles. The normalized spacial score (nSPS) is 9.18. The molecular formula is C10H9O. The SMILES string of the molecule is [CH]=C(C(C)=O)c1ccccc1. The van der Waals surface area contributed by atoms with Crippen LogP contribution in [0.25, 0.3) is 5.57 Å². The summed E-state index contributed by atoms with van der Waals surface area (Å²) < 4.78 is 0. The van der Waals surface area contributed by atoms with Crippen molar-refractivity contribution in [3.63, 3.8) is 0 Å². The highest BCUT2D eigenvalue weighted by Gasteiger charge is 2.01. The molecule has 11 heavy (non-hydrogen) atoms. The Morgan fingerprint density at radius 1 is 1.27 bits per heavy atom. The van der Waals surface area contributed by atoms with Crippen molar-refractivity contribution in [1.82, 2.24) is 0 Å². The Labute approximate surface area is 66.4 Å². The molecular weight excluding hydrogens is 136 g/mol. The monoisotopic (exact) mass is 145 g/mol. The summed E-state index contributed by atoms with van der Waals surface area (Å²) in [6.07, 6.45) is 0. The quantitative estimate of drug-likeness (QED) is 0.582. The van der Waals surface area contributed by atoms with E-state index in [0.29, 0.717) is 5.57 Å². The van der Waals surface area contributed by atoms with Crippen LogP contribution < -0.4 is 0 Å². The number of ketones is 1. The van der Waals surface area contributed by atoms with E-state index in [1.54, 1.807) is 0 Å². The Morgan fingerprint density at radius 3 is 2.27 bits per heavy atom. The molecule has 1 rings (SSSR count). The van der Waals surface area contributed by atoms with E-state index in [9.17, 15) is 4.79 Å². The molecule has 0 atom stereocenters. The van der Waals surface area contributed by atoms with E-state index < -0.39 is 0 Å². The molecule has 0 saturated carbocycles. The summed E-state index contributed by atoms with van der Waals surface area (Å²) in [5.74, 6) is -0.0869. The lowest BCUT2D eigenvalue weighted by atomic mass is 10.1. The first-order valence-electron chi connectivity index (χ1n) is 3.40. The molecule has 0 spiro atoms. The van der Waals surface area contributed by atoms with Gasteiger partial charge in [0.15, 0.2) is 5.78 Å². The maximum Gasteiger partial charge on any atom is 0.160 e. The van der Waals surface area contributed by atoms with Gasteiger partial charge in [-0.25, -0.2) is 0 Å². The topological polar surface area (TPSA) is 17.1 Å². The van der Waals surface area contributed by atoms with E-state index in [-0.39, 0.29) is 5.78 Å². The van der Waals surface area contributed by atoms with Gasteiger partial charge in [0, 0.05) is 5.57 Å². The minimum absolute atomic E-state index is 0.0869. The van der Waals surface area contributed by atoms with Crippen LogP contribution in [0.4, 0.5) is 0 Å². The third-order valence-electron chi connectivity index (χ3n) is 1.46. The molecule has 0 saturated heterocycles. The molecule has 55 valence electrons. The number of hydrogen-bond donors (Lipinski definition) is 0. The number of carbonyl (C=O) groups is 1. The Kier molecular flexibility index (Phi) is 2.21. The molecule has 0 unspecified atom stereocenters. The standard InChI is InChI=1S/C10H9O/c1-8(9(2)11)10-6-4-3-5-7-10/h1,3-7H,2H3. The zero-order valence-corrected chi connectivity index (χ0v) is 6.37. The van der Waals surface area contributed by atoms with Crippen molar-refractivity contribution in [2.24, 2.45) is 0 Å². The molecule has 0 aliphatic carbocycles. The van der Waals surface area contributed by atoms with E-state index in [0.717, 1.165) is 5.56 Å². The summed E-state index contributed by atoms with van der Waals surface area (Å²) in [6, 6.07) is 9.22. The third-order valence-corrected chi connectivity index (χ3v) is 1.46. The highest BCUT2D eigenvalue weighted by Crippen LogP contribution is 2.11. The van der Waals surface area contributed by atoms with Crippen LogP contribution in [0, 0.1) is 6.58 Å². The van der Waals surface area contributed by atoms with Crippen LogP contribution in [0.15, 0.2) is 30.3 Å². The van der Waals surface area contributed by atoms with Crippen LogP contribution in [0.3, 0.4) is 0 Å². The van der Waals surface area contributed by atoms with Gasteiger partial charge in [0.05, 0.1) is 0 Å². The molecule has 0 bridgehead atoms. The Morgan fingerprint density at radius 2 is 1.82 bits per heavy atom. The van der Waals surface area contributed by atoms with E-state index >= 15 is 0 Å². The minimum atomic E-state index is -0.0869. The molecule has 1 heteroatoms. The summed E-state index contributed by atoms with van der Waals surface area (Å²) >= 11 is 0. The van der Waals surface area contributed by atoms with Crippen molar-refractivity contribution in [1.29, 1.82) is 0 Å². The molecule has 1 nitrogen and oxygen atoms in total. The van der Waals surface area contributed by atoms with Gasteiger partial charge in [0.1, 0.15) is 0 Å². The van der Waals surface area contributed by atoms with E-state index in [2.05, 4.69) is 0 Å². The second kappa shape index (κ2) is 3.15. The average Bonchev–Trinajstić information content (AvgIpc) is 2.05. The van der Waals surface area contributed by atoms with Gasteiger partial charge in [-0.05, 0) is 12.5 Å². The van der Waals surface area contributed by atoms with Crippen molar-refractivity contribution >= 4 is 11.4 Å². The number of allylic oxidation sites excluding steroid dienone is 1. The number of carbonyl (C=O) groups excluding carboxylic acids is 1. The minimum Gasteiger partial charge on any atom is -0.294 e. The lowest BCUT2D eigenvalue weighted by Gasteiger charge is -1.98. The average molecular weight is 145 g/mol. The van der Waals surface area contributed by atoms with Crippen molar-refractivity contribution in [3.8, 4) is 0 Å². The Balaban J connectivity index is 2.95. The number of hydrogen-bond acceptors (Lipinski definition) is 1. The van der Waals surface area contributed by atoms with Crippen LogP contribution in [-0.2, 0) is 4.79 Å². The second-order valence-corrected chi connectivity index (χ2v) is 2.34. The van der Waals surface area contributed by atoms with Crippen molar-refractivity contribution in [2.75, 3.05) is 0 Å². The highest BCUT2D eigenvalue weighted by atomic mass is 16.1. The summed E-state index contributed by atoms with van der Waals surface area (Å²) in [7, 11) is 0. The van der Waals surface area contributed by atoms with Crippen LogP contribution in [0.2, 0.25) is 0 Å². The zero-order valence-electron chi connectivity index (χ0n) is 6.37. The summed E-state index contributed by atoms with van der Waals surface area (Å²) in [4.78, 5) is 10.8. The predicted molar refractivity (Wildman–Crippen MR) is 44.8 cm³/mol. The Bertz CT molecular complexity index is 272. The second-order valence-electron chi connectivity index (χ2n) is 2.34. The van der Waals surface area contributed by atoms with Gasteiger partial charge < -0.3 is 0 Å². The van der Waals surface area contributed by atoms with E-state index in [1.165, 1.54) is 6.92 Å². The molecule has 1 aromatic rings. The number of benzene rings is 1. The van der Waals surface area contributed by atoms with E-state index in [1.807, 2.05) is 30.3 Å². The predicted octanol–water partition coefficient (Wildman–Crippen LogP) is 2.09. The van der Waals surface area contributed by atoms with Gasteiger partial charge in [-0.2, -0.15) is 0 Å². The van der Waals surface area contributed by atoms with Gasteiger partial charge in [-0.1, -0.05) is 36.9 Å². The fourth-order valence-electron chi connectivity index (χ4n) is 0.821. The van der Waals surface area contributed by atoms with Gasteiger partial charge in [-0.3, -0.25) is 4.79 Å². The molecule has 1 aromatic carbocycles. The molecule has 0 N–H and O–H groups in total. The maximum atomic E-state index is 10.8. The first-order valence-corrected chi connectivity index (χ1v) is 3.40. The first kappa shape index (κ1) is 7.73. The number of Topliss-reactive ketones (excluding diaryl/α,β-unsaturated/α-hetero) is 1. The fourth-order valence-corrected chi connectivity index (χ4v) is 0.821. The largest absolute Gasteiger partial charge is 0.294 e. The van der Waals surface area contributed by atoms with Crippen LogP contribution in [-0.4, -0.2) is 5.78 Å². The van der Waals surface area contributed by atoms with Gasteiger partial charge in [0.2, 0.25) is 0 Å². The van der Waals surface area contributed by atoms with Crippen LogP contribution >= 0.6 is 0 Å². The third kappa shape index (κ3) is 1.77.